The highest BCUT2D eigenvalue weighted by Gasteiger charge is 2.21. The molecular weight excluding hydrogens is 278 g/mol. The standard InChI is InChI=1S/C14H24ClN3S/c1-4-12-14(15)13(18(2)17-12)9-16-10-5-7-11(19-3)8-6-10/h10-11,16H,4-9H2,1-3H3. The first kappa shape index (κ1) is 15.2. The molecule has 3 nitrogen and oxygen atoms in total. The monoisotopic (exact) mass is 301 g/mol. The van der Waals surface area contributed by atoms with Crippen molar-refractivity contribution in [1.82, 2.24) is 15.1 Å². The highest BCUT2D eigenvalue weighted by Crippen LogP contribution is 2.27. The van der Waals surface area contributed by atoms with Crippen LogP contribution in [0.2, 0.25) is 5.02 Å². The second-order valence-electron chi connectivity index (χ2n) is 5.27. The first-order valence-corrected chi connectivity index (χ1v) is 8.78. The molecule has 0 unspecified atom stereocenters. The average molecular weight is 302 g/mol. The Hall–Kier alpha value is -0.190. The molecule has 1 saturated carbocycles. The second kappa shape index (κ2) is 7.00. The molecule has 1 fully saturated rings. The first-order chi connectivity index (χ1) is 9.15. The van der Waals surface area contributed by atoms with E-state index in [0.717, 1.165) is 34.6 Å². The van der Waals surface area contributed by atoms with Gasteiger partial charge in [0, 0.05) is 24.9 Å². The molecular formula is C14H24ClN3S. The van der Waals surface area contributed by atoms with Crippen molar-refractivity contribution in [2.24, 2.45) is 7.05 Å². The lowest BCUT2D eigenvalue weighted by molar-refractivity contribution is 0.375. The maximum absolute atomic E-state index is 6.37. The maximum atomic E-state index is 6.37. The van der Waals surface area contributed by atoms with E-state index in [4.69, 9.17) is 11.6 Å². The van der Waals surface area contributed by atoms with Crippen LogP contribution in [0.1, 0.15) is 44.0 Å². The minimum Gasteiger partial charge on any atom is -0.308 e. The Balaban J connectivity index is 1.88. The molecule has 0 aromatic carbocycles. The van der Waals surface area contributed by atoms with Gasteiger partial charge in [-0.1, -0.05) is 18.5 Å². The van der Waals surface area contributed by atoms with E-state index in [-0.39, 0.29) is 0 Å². The van der Waals surface area contributed by atoms with Gasteiger partial charge in [-0.3, -0.25) is 4.68 Å². The van der Waals surface area contributed by atoms with Gasteiger partial charge in [-0.25, -0.2) is 0 Å². The summed E-state index contributed by atoms with van der Waals surface area (Å²) < 4.78 is 1.92. The van der Waals surface area contributed by atoms with Gasteiger partial charge >= 0.3 is 0 Å². The summed E-state index contributed by atoms with van der Waals surface area (Å²) >= 11 is 8.38. The van der Waals surface area contributed by atoms with Crippen LogP contribution >= 0.6 is 23.4 Å². The van der Waals surface area contributed by atoms with Crippen molar-refractivity contribution in [3.05, 3.63) is 16.4 Å². The van der Waals surface area contributed by atoms with E-state index in [1.54, 1.807) is 0 Å². The van der Waals surface area contributed by atoms with Gasteiger partial charge in [0.15, 0.2) is 0 Å². The summed E-state index contributed by atoms with van der Waals surface area (Å²) in [5.41, 5.74) is 2.12. The molecule has 0 radical (unpaired) electrons. The van der Waals surface area contributed by atoms with Gasteiger partial charge in [-0.2, -0.15) is 16.9 Å². The fourth-order valence-electron chi connectivity index (χ4n) is 2.76. The zero-order valence-electron chi connectivity index (χ0n) is 12.1. The Morgan fingerprint density at radius 1 is 1.37 bits per heavy atom. The van der Waals surface area contributed by atoms with E-state index in [1.807, 2.05) is 23.5 Å². The molecule has 2 rings (SSSR count). The Labute approximate surface area is 125 Å². The number of halogens is 1. The van der Waals surface area contributed by atoms with Crippen LogP contribution in [-0.4, -0.2) is 27.3 Å². The predicted molar refractivity (Wildman–Crippen MR) is 84.0 cm³/mol. The predicted octanol–water partition coefficient (Wildman–Crippen LogP) is 3.40. The van der Waals surface area contributed by atoms with E-state index in [2.05, 4.69) is 23.6 Å². The molecule has 1 aliphatic rings. The summed E-state index contributed by atoms with van der Waals surface area (Å²) in [6.45, 7) is 2.92. The van der Waals surface area contributed by atoms with Gasteiger partial charge < -0.3 is 5.32 Å². The molecule has 1 N–H and O–H groups in total. The summed E-state index contributed by atoms with van der Waals surface area (Å²) in [6, 6.07) is 0.638. The number of hydrogen-bond donors (Lipinski definition) is 1. The molecule has 1 aromatic rings. The topological polar surface area (TPSA) is 29.9 Å². The Kier molecular flexibility index (Phi) is 5.60. The van der Waals surface area contributed by atoms with Crippen molar-refractivity contribution < 1.29 is 0 Å². The fourth-order valence-corrected chi connectivity index (χ4v) is 3.86. The first-order valence-electron chi connectivity index (χ1n) is 7.12. The summed E-state index contributed by atoms with van der Waals surface area (Å²) in [5.74, 6) is 0. The molecule has 1 aromatic heterocycles. The summed E-state index contributed by atoms with van der Waals surface area (Å²) in [6.07, 6.45) is 8.34. The van der Waals surface area contributed by atoms with Crippen LogP contribution in [0.15, 0.2) is 0 Å². The second-order valence-corrected chi connectivity index (χ2v) is 6.79. The highest BCUT2D eigenvalue weighted by molar-refractivity contribution is 7.99. The highest BCUT2D eigenvalue weighted by atomic mass is 35.5. The van der Waals surface area contributed by atoms with Crippen molar-refractivity contribution in [1.29, 1.82) is 0 Å². The fraction of sp³-hybridized carbons (Fsp3) is 0.786. The Bertz CT molecular complexity index is 411. The van der Waals surface area contributed by atoms with Crippen LogP contribution in [0, 0.1) is 0 Å². The van der Waals surface area contributed by atoms with Crippen molar-refractivity contribution in [2.75, 3.05) is 6.26 Å². The van der Waals surface area contributed by atoms with E-state index < -0.39 is 0 Å². The molecule has 0 bridgehead atoms. The van der Waals surface area contributed by atoms with E-state index in [0.29, 0.717) is 6.04 Å². The zero-order chi connectivity index (χ0) is 13.8. The number of aryl methyl sites for hydroxylation is 2. The summed E-state index contributed by atoms with van der Waals surface area (Å²) in [7, 11) is 1.98. The van der Waals surface area contributed by atoms with Crippen LogP contribution in [-0.2, 0) is 20.0 Å². The minimum atomic E-state index is 0.638. The van der Waals surface area contributed by atoms with Gasteiger partial charge in [-0.05, 0) is 38.4 Å². The third kappa shape index (κ3) is 3.67. The lowest BCUT2D eigenvalue weighted by Gasteiger charge is -2.28. The molecule has 5 heteroatoms. The SMILES string of the molecule is CCc1nn(C)c(CNC2CCC(SC)CC2)c1Cl. The zero-order valence-corrected chi connectivity index (χ0v) is 13.7. The lowest BCUT2D eigenvalue weighted by atomic mass is 9.95. The van der Waals surface area contributed by atoms with Crippen molar-refractivity contribution in [3.63, 3.8) is 0 Å². The summed E-state index contributed by atoms with van der Waals surface area (Å²) in [5, 5.41) is 9.81. The number of hydrogen-bond acceptors (Lipinski definition) is 3. The third-order valence-electron chi connectivity index (χ3n) is 4.07. The van der Waals surface area contributed by atoms with Crippen molar-refractivity contribution in [2.45, 2.75) is 56.9 Å². The molecule has 0 saturated heterocycles. The largest absolute Gasteiger partial charge is 0.308 e. The lowest BCUT2D eigenvalue weighted by Crippen LogP contribution is -2.34. The molecule has 1 aliphatic carbocycles. The van der Waals surface area contributed by atoms with Gasteiger partial charge in [0.1, 0.15) is 0 Å². The number of rotatable bonds is 5. The molecule has 108 valence electrons. The molecule has 19 heavy (non-hydrogen) atoms. The minimum absolute atomic E-state index is 0.638. The Morgan fingerprint density at radius 3 is 2.58 bits per heavy atom. The maximum Gasteiger partial charge on any atom is 0.0863 e. The van der Waals surface area contributed by atoms with E-state index in [9.17, 15) is 0 Å². The van der Waals surface area contributed by atoms with Crippen LogP contribution < -0.4 is 5.32 Å². The third-order valence-corrected chi connectivity index (χ3v) is 5.64. The molecule has 0 atom stereocenters. The van der Waals surface area contributed by atoms with E-state index >= 15 is 0 Å². The van der Waals surface area contributed by atoms with Crippen LogP contribution in [0.3, 0.4) is 0 Å². The van der Waals surface area contributed by atoms with Crippen LogP contribution in [0.4, 0.5) is 0 Å². The number of aromatic nitrogens is 2. The molecule has 0 amide bonds. The quantitative estimate of drug-likeness (QED) is 0.904. The molecule has 0 spiro atoms. The van der Waals surface area contributed by atoms with Gasteiger partial charge in [0.25, 0.3) is 0 Å². The molecule has 0 aliphatic heterocycles. The normalized spacial score (nSPS) is 23.8. The van der Waals surface area contributed by atoms with Crippen molar-refractivity contribution >= 4 is 23.4 Å². The summed E-state index contributed by atoms with van der Waals surface area (Å²) in [4.78, 5) is 0. The number of nitrogens with zero attached hydrogens (tertiary/aromatic N) is 2. The van der Waals surface area contributed by atoms with Crippen molar-refractivity contribution in [3.8, 4) is 0 Å². The molecule has 1 heterocycles. The van der Waals surface area contributed by atoms with E-state index in [1.165, 1.54) is 25.7 Å². The van der Waals surface area contributed by atoms with Gasteiger partial charge in [-0.15, -0.1) is 0 Å². The number of nitrogens with one attached hydrogen (secondary N) is 1. The van der Waals surface area contributed by atoms with Crippen LogP contribution in [0.5, 0.6) is 0 Å². The average Bonchev–Trinajstić information content (AvgIpc) is 2.72. The Morgan fingerprint density at radius 2 is 2.05 bits per heavy atom. The number of thioether (sulfide) groups is 1. The van der Waals surface area contributed by atoms with Crippen LogP contribution in [0.25, 0.3) is 0 Å². The van der Waals surface area contributed by atoms with Gasteiger partial charge in [0.2, 0.25) is 0 Å². The smallest absolute Gasteiger partial charge is 0.0863 e. The van der Waals surface area contributed by atoms with Gasteiger partial charge in [0.05, 0.1) is 16.4 Å².